The molecule has 1 N–H and O–H groups in total. The predicted octanol–water partition coefficient (Wildman–Crippen LogP) is 3.49. The second kappa shape index (κ2) is 9.63. The Balaban J connectivity index is 1.82. The highest BCUT2D eigenvalue weighted by atomic mass is 16.2. The van der Waals surface area contributed by atoms with Gasteiger partial charge in [-0.3, -0.25) is 9.78 Å². The van der Waals surface area contributed by atoms with E-state index in [0.29, 0.717) is 5.56 Å². The quantitative estimate of drug-likeness (QED) is 0.778. The van der Waals surface area contributed by atoms with E-state index in [1.54, 1.807) is 25.2 Å². The summed E-state index contributed by atoms with van der Waals surface area (Å²) in [6, 6.07) is 8.67. The van der Waals surface area contributed by atoms with Crippen LogP contribution in [0.25, 0.3) is 0 Å². The summed E-state index contributed by atoms with van der Waals surface area (Å²) in [4.78, 5) is 23.5. The van der Waals surface area contributed by atoms with Crippen molar-refractivity contribution < 1.29 is 4.79 Å². The maximum absolute atomic E-state index is 12.7. The van der Waals surface area contributed by atoms with Crippen LogP contribution in [0.2, 0.25) is 0 Å². The molecule has 1 amide bonds. The minimum absolute atomic E-state index is 0.0199. The molecule has 0 atom stereocenters. The fourth-order valence-electron chi connectivity index (χ4n) is 3.83. The van der Waals surface area contributed by atoms with Crippen LogP contribution < -0.4 is 15.1 Å². The first kappa shape index (κ1) is 21.0. The van der Waals surface area contributed by atoms with Crippen molar-refractivity contribution in [3.63, 3.8) is 0 Å². The van der Waals surface area contributed by atoms with Gasteiger partial charge in [-0.2, -0.15) is 0 Å². The molecule has 2 aromatic rings. The number of anilines is 3. The van der Waals surface area contributed by atoms with Crippen molar-refractivity contribution in [2.45, 2.75) is 26.7 Å². The predicted molar refractivity (Wildman–Crippen MR) is 121 cm³/mol. The normalized spacial score (nSPS) is 14.1. The lowest BCUT2D eigenvalue weighted by Crippen LogP contribution is -2.47. The summed E-state index contributed by atoms with van der Waals surface area (Å²) in [5.41, 5.74) is 5.30. The van der Waals surface area contributed by atoms with E-state index in [9.17, 15) is 4.79 Å². The highest BCUT2D eigenvalue weighted by Gasteiger charge is 2.24. The Bertz CT molecular complexity index is 828. The van der Waals surface area contributed by atoms with E-state index in [0.717, 1.165) is 56.9 Å². The van der Waals surface area contributed by atoms with Crippen molar-refractivity contribution in [3.8, 4) is 0 Å². The van der Waals surface area contributed by atoms with Crippen LogP contribution >= 0.6 is 0 Å². The summed E-state index contributed by atoms with van der Waals surface area (Å²) in [6.07, 6.45) is 5.61. The maximum atomic E-state index is 12.7. The molecule has 1 saturated heterocycles. The zero-order valence-corrected chi connectivity index (χ0v) is 18.1. The Morgan fingerprint density at radius 1 is 1.03 bits per heavy atom. The van der Waals surface area contributed by atoms with Gasteiger partial charge < -0.3 is 20.0 Å². The van der Waals surface area contributed by atoms with Gasteiger partial charge in [-0.1, -0.05) is 32.0 Å². The van der Waals surface area contributed by atoms with Crippen LogP contribution in [-0.4, -0.2) is 62.6 Å². The summed E-state index contributed by atoms with van der Waals surface area (Å²) < 4.78 is 0. The van der Waals surface area contributed by atoms with Crippen LogP contribution in [-0.2, 0) is 6.42 Å². The van der Waals surface area contributed by atoms with Crippen molar-refractivity contribution >= 4 is 23.0 Å². The third-order valence-electron chi connectivity index (χ3n) is 5.45. The largest absolute Gasteiger partial charge is 0.383 e. The van der Waals surface area contributed by atoms with Crippen LogP contribution in [0.1, 0.15) is 36.2 Å². The van der Waals surface area contributed by atoms with E-state index in [1.165, 1.54) is 11.3 Å². The van der Waals surface area contributed by atoms with Crippen LogP contribution in [0.3, 0.4) is 0 Å². The average molecular weight is 396 g/mol. The molecule has 0 unspecified atom stereocenters. The van der Waals surface area contributed by atoms with Crippen LogP contribution in [0.5, 0.6) is 0 Å². The average Bonchev–Trinajstić information content (AvgIpc) is 2.77. The van der Waals surface area contributed by atoms with Crippen LogP contribution in [0.4, 0.5) is 17.1 Å². The van der Waals surface area contributed by atoms with Gasteiger partial charge in [0.05, 0.1) is 23.1 Å². The molecule has 0 radical (unpaired) electrons. The molecule has 1 aliphatic heterocycles. The Kier molecular flexibility index (Phi) is 6.96. The van der Waals surface area contributed by atoms with Gasteiger partial charge in [0.1, 0.15) is 0 Å². The molecule has 6 heteroatoms. The van der Waals surface area contributed by atoms with E-state index >= 15 is 0 Å². The van der Waals surface area contributed by atoms with E-state index < -0.39 is 0 Å². The van der Waals surface area contributed by atoms with Crippen LogP contribution in [0, 0.1) is 0 Å². The number of rotatable bonds is 7. The van der Waals surface area contributed by atoms with Gasteiger partial charge in [-0.05, 0) is 24.5 Å². The number of benzene rings is 1. The van der Waals surface area contributed by atoms with Crippen molar-refractivity contribution in [1.82, 2.24) is 9.88 Å². The molecule has 1 aliphatic rings. The molecule has 2 heterocycles. The number of aromatic nitrogens is 1. The number of amides is 1. The minimum atomic E-state index is -0.0199. The number of carbonyl (C=O) groups excluding carboxylic acids is 1. The third-order valence-corrected chi connectivity index (χ3v) is 5.45. The lowest BCUT2D eigenvalue weighted by molar-refractivity contribution is 0.0828. The van der Waals surface area contributed by atoms with Crippen molar-refractivity contribution in [2.24, 2.45) is 0 Å². The fourth-order valence-corrected chi connectivity index (χ4v) is 3.83. The minimum Gasteiger partial charge on any atom is -0.383 e. The Morgan fingerprint density at radius 2 is 1.69 bits per heavy atom. The standard InChI is InChI=1S/C23H33N5O/c1-5-11-25-22-19(23(29)26(3)4)16-24-17-21(22)28-14-12-27(13-15-28)20-10-8-7-9-18(20)6-2/h7-10,16-17H,5-6,11-15H2,1-4H3,(H,24,25). The topological polar surface area (TPSA) is 51.7 Å². The monoisotopic (exact) mass is 395 g/mol. The van der Waals surface area contributed by atoms with Crippen molar-refractivity contribution in [2.75, 3.05) is 61.9 Å². The van der Waals surface area contributed by atoms with Crippen molar-refractivity contribution in [1.29, 1.82) is 0 Å². The van der Waals surface area contributed by atoms with E-state index in [1.807, 2.05) is 6.20 Å². The molecule has 1 aromatic carbocycles. The van der Waals surface area contributed by atoms with Crippen LogP contribution in [0.15, 0.2) is 36.7 Å². The maximum Gasteiger partial charge on any atom is 0.257 e. The molecule has 0 spiro atoms. The van der Waals surface area contributed by atoms with Gasteiger partial charge in [-0.15, -0.1) is 0 Å². The number of aryl methyl sites for hydroxylation is 1. The number of para-hydroxylation sites is 1. The van der Waals surface area contributed by atoms with Gasteiger partial charge in [0.15, 0.2) is 0 Å². The van der Waals surface area contributed by atoms with E-state index in [4.69, 9.17) is 0 Å². The Labute approximate surface area is 174 Å². The van der Waals surface area contributed by atoms with Gasteiger partial charge in [0, 0.05) is 58.7 Å². The first-order chi connectivity index (χ1) is 14.1. The highest BCUT2D eigenvalue weighted by Crippen LogP contribution is 2.31. The molecule has 0 aliphatic carbocycles. The number of nitrogens with zero attached hydrogens (tertiary/aromatic N) is 4. The third kappa shape index (κ3) is 4.63. The first-order valence-electron chi connectivity index (χ1n) is 10.6. The molecule has 3 rings (SSSR count). The number of pyridine rings is 1. The second-order valence-corrected chi connectivity index (χ2v) is 7.66. The first-order valence-corrected chi connectivity index (χ1v) is 10.6. The lowest BCUT2D eigenvalue weighted by Gasteiger charge is -2.39. The Hall–Kier alpha value is -2.76. The van der Waals surface area contributed by atoms with Crippen molar-refractivity contribution in [3.05, 3.63) is 47.8 Å². The molecular weight excluding hydrogens is 362 g/mol. The molecule has 0 bridgehead atoms. The second-order valence-electron chi connectivity index (χ2n) is 7.66. The zero-order valence-electron chi connectivity index (χ0n) is 18.1. The summed E-state index contributed by atoms with van der Waals surface area (Å²) in [6.45, 7) is 8.88. The number of hydrogen-bond acceptors (Lipinski definition) is 5. The number of piperazine rings is 1. The summed E-state index contributed by atoms with van der Waals surface area (Å²) in [5.74, 6) is -0.0199. The van der Waals surface area contributed by atoms with Gasteiger partial charge >= 0.3 is 0 Å². The van der Waals surface area contributed by atoms with E-state index in [-0.39, 0.29) is 5.91 Å². The highest BCUT2D eigenvalue weighted by molar-refractivity contribution is 6.02. The smallest absolute Gasteiger partial charge is 0.257 e. The molecule has 29 heavy (non-hydrogen) atoms. The number of nitrogens with one attached hydrogen (secondary N) is 1. The summed E-state index contributed by atoms with van der Waals surface area (Å²) >= 11 is 0. The molecule has 1 aromatic heterocycles. The molecule has 156 valence electrons. The summed E-state index contributed by atoms with van der Waals surface area (Å²) in [5, 5.41) is 3.48. The Morgan fingerprint density at radius 3 is 2.31 bits per heavy atom. The molecule has 1 fully saturated rings. The number of hydrogen-bond donors (Lipinski definition) is 1. The van der Waals surface area contributed by atoms with Gasteiger partial charge in [-0.25, -0.2) is 0 Å². The lowest BCUT2D eigenvalue weighted by atomic mass is 10.1. The molecular formula is C23H33N5O. The molecule has 6 nitrogen and oxygen atoms in total. The summed E-state index contributed by atoms with van der Waals surface area (Å²) in [7, 11) is 3.56. The molecule has 0 saturated carbocycles. The SMILES string of the molecule is CCCNc1c(C(=O)N(C)C)cncc1N1CCN(c2ccccc2CC)CC1. The van der Waals surface area contributed by atoms with E-state index in [2.05, 4.69) is 58.2 Å². The zero-order chi connectivity index (χ0) is 20.8. The van der Waals surface area contributed by atoms with Gasteiger partial charge in [0.25, 0.3) is 5.91 Å². The number of carbonyl (C=O) groups is 1. The van der Waals surface area contributed by atoms with Gasteiger partial charge in [0.2, 0.25) is 0 Å². The fraction of sp³-hybridized carbons (Fsp3) is 0.478.